The smallest absolute Gasteiger partial charge is 0.128 e. The van der Waals surface area contributed by atoms with Crippen molar-refractivity contribution in [2.24, 2.45) is 0 Å². The van der Waals surface area contributed by atoms with Crippen molar-refractivity contribution in [2.45, 2.75) is 215 Å². The molecule has 0 aliphatic carbocycles. The Balaban J connectivity index is -0.000000139. The monoisotopic (exact) mass is 1480 g/mol. The van der Waals surface area contributed by atoms with Gasteiger partial charge in [0.05, 0.1) is 0 Å². The number of aryl methyl sites for hydroxylation is 13. The largest absolute Gasteiger partial charge is 0.265 e. The molecule has 594 valence electrons. The zero-order valence-electron chi connectivity index (χ0n) is 73.1. The Hall–Kier alpha value is -11.2. The van der Waals surface area contributed by atoms with E-state index in [0.717, 1.165) is 29.1 Å². The van der Waals surface area contributed by atoms with Crippen LogP contribution in [0.3, 0.4) is 0 Å². The summed E-state index contributed by atoms with van der Waals surface area (Å²) in [5, 5.41) is 0. The molecule has 9 heterocycles. The molecule has 0 amide bonds. The molecule has 0 saturated carbocycles. The second-order valence-corrected chi connectivity index (χ2v) is 19.1. The lowest BCUT2D eigenvalue weighted by Crippen LogP contribution is -1.84. The van der Waals surface area contributed by atoms with Crippen LogP contribution in [0.4, 0.5) is 0 Å². The maximum absolute atomic E-state index is 3.87. The third-order valence-electron chi connectivity index (χ3n) is 10.6. The molecule has 0 radical (unpaired) electrons. The second kappa shape index (κ2) is 103. The highest BCUT2D eigenvalue weighted by molar-refractivity contribution is 5.15. The van der Waals surface area contributed by atoms with E-state index in [1.165, 1.54) is 57.2 Å². The number of rotatable bonds is 0. The van der Waals surface area contributed by atoms with Gasteiger partial charge in [-0.1, -0.05) is 268 Å². The molecule has 0 unspecified atom stereocenters. The van der Waals surface area contributed by atoms with Crippen LogP contribution in [-0.2, 0) is 0 Å². The molecule has 13 aromatic rings. The van der Waals surface area contributed by atoms with Crippen LogP contribution in [0.15, 0.2) is 306 Å². The Morgan fingerprint density at radius 1 is 0.128 bits per heavy atom. The zero-order valence-corrected chi connectivity index (χ0v) is 73.1. The molecule has 0 aliphatic heterocycles. The third kappa shape index (κ3) is 101. The summed E-state index contributed by atoms with van der Waals surface area (Å²) >= 11 is 0. The first kappa shape index (κ1) is 116. The Morgan fingerprint density at radius 3 is 0.330 bits per heavy atom. The summed E-state index contributed by atoms with van der Waals surface area (Å²) in [4.78, 5) is 57.5. The molecule has 109 heavy (non-hydrogen) atoms. The van der Waals surface area contributed by atoms with Gasteiger partial charge in [0.15, 0.2) is 0 Å². The van der Waals surface area contributed by atoms with E-state index >= 15 is 0 Å². The standard InChI is InChI=1S/4C7H8.4C6H7N.4C5H6N2.C4H5N3.9C2H6/c4*1-7-5-3-2-4-6-7;4*1-6-2-4-7-5-3-6;4*1-5-6-3-2-4-7-5;1-4-6-2-5-3-7-4;9*1-2/h4*2-6H,1H3;4*2-5H,1H3;4*2-4H,1H3;2-3H,1H3;9*1-2H3. The predicted octanol–water partition coefficient (Wildman–Crippen LogP) is 26.1. The van der Waals surface area contributed by atoms with Gasteiger partial charge in [0, 0.05) is 99.1 Å². The van der Waals surface area contributed by atoms with E-state index in [1.54, 1.807) is 123 Å². The van der Waals surface area contributed by atoms with Gasteiger partial charge in [-0.25, -0.2) is 54.8 Å². The first-order valence-electron chi connectivity index (χ1n) is 38.2. The summed E-state index contributed by atoms with van der Waals surface area (Å²) in [7, 11) is 0. The van der Waals surface area contributed by atoms with Crippen LogP contribution in [0, 0.1) is 90.0 Å². The average Bonchev–Trinajstić information content (AvgIpc) is 3.96. The average molecular weight is 1480 g/mol. The van der Waals surface area contributed by atoms with Crippen LogP contribution in [0.25, 0.3) is 0 Å². The van der Waals surface area contributed by atoms with Crippen molar-refractivity contribution in [1.82, 2.24) is 74.8 Å². The van der Waals surface area contributed by atoms with E-state index in [4.69, 9.17) is 0 Å². The number of aromatic nitrogens is 15. The number of hydrogen-bond donors (Lipinski definition) is 0. The van der Waals surface area contributed by atoms with Gasteiger partial charge in [-0.05, 0) is 185 Å². The van der Waals surface area contributed by atoms with E-state index in [9.17, 15) is 0 Å². The molecule has 9 aromatic heterocycles. The quantitative estimate of drug-likeness (QED) is 0.139. The van der Waals surface area contributed by atoms with E-state index in [0.29, 0.717) is 0 Å². The lowest BCUT2D eigenvalue weighted by Gasteiger charge is -1.82. The molecule has 0 N–H and O–H groups in total. The van der Waals surface area contributed by atoms with Gasteiger partial charge in [-0.2, -0.15) is 0 Å². The maximum Gasteiger partial charge on any atom is 0.128 e. The molecule has 0 spiro atoms. The number of pyridine rings is 4. The van der Waals surface area contributed by atoms with Crippen LogP contribution in [0.2, 0.25) is 0 Å². The molecule has 13 rings (SSSR count). The Labute approximate surface area is 665 Å². The second-order valence-electron chi connectivity index (χ2n) is 19.1. The molecule has 0 atom stereocenters. The fourth-order valence-electron chi connectivity index (χ4n) is 5.63. The van der Waals surface area contributed by atoms with Gasteiger partial charge < -0.3 is 0 Å². The molecular formula is C94H143N15. The van der Waals surface area contributed by atoms with Gasteiger partial charge in [0.25, 0.3) is 0 Å². The molecule has 0 bridgehead atoms. The van der Waals surface area contributed by atoms with Crippen LogP contribution < -0.4 is 0 Å². The van der Waals surface area contributed by atoms with E-state index < -0.39 is 0 Å². The molecule has 0 aliphatic rings. The normalized spacial score (nSPS) is 7.77. The van der Waals surface area contributed by atoms with Crippen molar-refractivity contribution >= 4 is 0 Å². The Morgan fingerprint density at radius 2 is 0.257 bits per heavy atom. The Bertz CT molecular complexity index is 2650. The minimum Gasteiger partial charge on any atom is -0.265 e. The topological polar surface area (TPSA) is 193 Å². The molecule has 4 aromatic carbocycles. The minimum absolute atomic E-state index is 0.759. The zero-order chi connectivity index (χ0) is 84.5. The van der Waals surface area contributed by atoms with Gasteiger partial charge in [0.1, 0.15) is 41.8 Å². The van der Waals surface area contributed by atoms with Gasteiger partial charge in [-0.3, -0.25) is 19.9 Å². The third-order valence-corrected chi connectivity index (χ3v) is 10.6. The van der Waals surface area contributed by atoms with Crippen LogP contribution in [-0.4, -0.2) is 74.8 Å². The molecule has 0 fully saturated rings. The first-order valence-corrected chi connectivity index (χ1v) is 38.2. The van der Waals surface area contributed by atoms with Gasteiger partial charge in [0.2, 0.25) is 0 Å². The number of nitrogens with zero attached hydrogens (tertiary/aromatic N) is 15. The van der Waals surface area contributed by atoms with Crippen LogP contribution >= 0.6 is 0 Å². The van der Waals surface area contributed by atoms with Crippen molar-refractivity contribution in [3.63, 3.8) is 0 Å². The first-order chi connectivity index (χ1) is 53.1. The lowest BCUT2D eigenvalue weighted by atomic mass is 10.2. The lowest BCUT2D eigenvalue weighted by molar-refractivity contribution is 0.974. The van der Waals surface area contributed by atoms with Crippen LogP contribution in [0.5, 0.6) is 0 Å². The molecule has 15 heteroatoms. The minimum atomic E-state index is 0.759. The summed E-state index contributed by atoms with van der Waals surface area (Å²) in [5.41, 5.74) is 10.3. The fraction of sp³-hybridized carbons (Fsp3) is 0.330. The summed E-state index contributed by atoms with van der Waals surface area (Å²) in [6.07, 6.45) is 31.0. The van der Waals surface area contributed by atoms with Crippen molar-refractivity contribution in [2.75, 3.05) is 0 Å². The SMILES string of the molecule is CC.CC.CC.CC.CC.CC.CC.CC.CC.Cc1ccccc1.Cc1ccccc1.Cc1ccccc1.Cc1ccccc1.Cc1ccncc1.Cc1ccncc1.Cc1ccncc1.Cc1ccncc1.Cc1ncccn1.Cc1ncccn1.Cc1ncccn1.Cc1ncccn1.Cc1ncncn1. The van der Waals surface area contributed by atoms with Gasteiger partial charge in [-0.15, -0.1) is 0 Å². The van der Waals surface area contributed by atoms with Crippen molar-refractivity contribution in [1.29, 1.82) is 0 Å². The summed E-state index contributed by atoms with van der Waals surface area (Å²) in [6.45, 7) is 61.8. The highest BCUT2D eigenvalue weighted by Gasteiger charge is 1.81. The summed E-state index contributed by atoms with van der Waals surface area (Å²) in [5.74, 6) is 4.05. The highest BCUT2D eigenvalue weighted by Crippen LogP contribution is 1.96. The van der Waals surface area contributed by atoms with E-state index in [2.05, 4.69) is 151 Å². The van der Waals surface area contributed by atoms with E-state index in [1.807, 2.05) is 308 Å². The summed E-state index contributed by atoms with van der Waals surface area (Å²) in [6, 6.07) is 64.0. The molecular weight excluding hydrogens is 1340 g/mol. The van der Waals surface area contributed by atoms with Crippen molar-refractivity contribution in [3.8, 4) is 0 Å². The number of hydrogen-bond acceptors (Lipinski definition) is 15. The van der Waals surface area contributed by atoms with Gasteiger partial charge >= 0.3 is 0 Å². The highest BCUT2D eigenvalue weighted by atomic mass is 15.0. The maximum atomic E-state index is 3.87. The Kier molecular flexibility index (Phi) is 110. The van der Waals surface area contributed by atoms with Crippen LogP contribution in [0.1, 0.15) is 198 Å². The molecule has 15 nitrogen and oxygen atoms in total. The summed E-state index contributed by atoms with van der Waals surface area (Å²) < 4.78 is 0. The van der Waals surface area contributed by atoms with Crippen molar-refractivity contribution in [3.05, 3.63) is 380 Å². The predicted molar refractivity (Wildman–Crippen MR) is 474 cm³/mol. The van der Waals surface area contributed by atoms with Crippen molar-refractivity contribution < 1.29 is 0 Å². The number of benzene rings is 4. The van der Waals surface area contributed by atoms with E-state index in [-0.39, 0.29) is 0 Å². The fourth-order valence-corrected chi connectivity index (χ4v) is 5.63. The molecule has 0 saturated heterocycles.